The second kappa shape index (κ2) is 5.18. The largest absolute Gasteiger partial charge is 0.476 e. The number of anilines is 2. The van der Waals surface area contributed by atoms with Crippen LogP contribution in [0.3, 0.4) is 0 Å². The molecule has 1 aliphatic rings. The minimum Gasteiger partial charge on any atom is -0.476 e. The molecule has 1 aromatic rings. The Labute approximate surface area is 101 Å². The zero-order valence-corrected chi connectivity index (χ0v) is 10.3. The first-order valence-electron chi connectivity index (χ1n) is 5.89. The third-order valence-corrected chi connectivity index (χ3v) is 2.86. The van der Waals surface area contributed by atoms with Gasteiger partial charge in [0.05, 0.1) is 6.61 Å². The molecule has 3 N–H and O–H groups in total. The Bertz CT molecular complexity index is 384. The Morgan fingerprint density at radius 2 is 2.41 bits per heavy atom. The van der Waals surface area contributed by atoms with Crippen molar-refractivity contribution in [1.29, 1.82) is 0 Å². The maximum absolute atomic E-state index is 5.96. The number of hydrogen-bond acceptors (Lipinski definition) is 6. The highest BCUT2D eigenvalue weighted by Crippen LogP contribution is 2.26. The van der Waals surface area contributed by atoms with Crippen molar-refractivity contribution in [3.05, 3.63) is 6.33 Å². The SMILES string of the molecule is CCOc1ncnc(NC2CCN(C)C2)c1N. The lowest BCUT2D eigenvalue weighted by atomic mass is 10.2. The molecule has 1 aliphatic heterocycles. The summed E-state index contributed by atoms with van der Waals surface area (Å²) in [7, 11) is 2.11. The van der Waals surface area contributed by atoms with Gasteiger partial charge in [-0.2, -0.15) is 4.98 Å². The van der Waals surface area contributed by atoms with Crippen molar-refractivity contribution in [2.45, 2.75) is 19.4 Å². The Balaban J connectivity index is 2.07. The van der Waals surface area contributed by atoms with E-state index in [1.165, 1.54) is 6.33 Å². The summed E-state index contributed by atoms with van der Waals surface area (Å²) in [6, 6.07) is 0.395. The summed E-state index contributed by atoms with van der Waals surface area (Å²) >= 11 is 0. The highest BCUT2D eigenvalue weighted by Gasteiger charge is 2.21. The molecule has 0 spiro atoms. The van der Waals surface area contributed by atoms with E-state index in [1.807, 2.05) is 6.92 Å². The van der Waals surface area contributed by atoms with Crippen LogP contribution in [-0.4, -0.2) is 47.7 Å². The van der Waals surface area contributed by atoms with Crippen LogP contribution >= 0.6 is 0 Å². The number of ether oxygens (including phenoxy) is 1. The first kappa shape index (κ1) is 11.9. The van der Waals surface area contributed by atoms with Crippen LogP contribution in [0.15, 0.2) is 6.33 Å². The number of likely N-dealkylation sites (tertiary alicyclic amines) is 1. The standard InChI is InChI=1S/C11H19N5O/c1-3-17-11-9(12)10(13-7-14-11)15-8-4-5-16(2)6-8/h7-8H,3-6,12H2,1-2H3,(H,13,14,15). The van der Waals surface area contributed by atoms with Crippen molar-refractivity contribution in [3.63, 3.8) is 0 Å². The summed E-state index contributed by atoms with van der Waals surface area (Å²) < 4.78 is 5.34. The molecule has 0 radical (unpaired) electrons. The lowest BCUT2D eigenvalue weighted by molar-refractivity contribution is 0.328. The molecule has 0 aromatic carbocycles. The van der Waals surface area contributed by atoms with E-state index in [4.69, 9.17) is 10.5 Å². The fourth-order valence-electron chi connectivity index (χ4n) is 1.99. The van der Waals surface area contributed by atoms with Crippen molar-refractivity contribution in [1.82, 2.24) is 14.9 Å². The van der Waals surface area contributed by atoms with Gasteiger partial charge in [-0.25, -0.2) is 4.98 Å². The minimum absolute atomic E-state index is 0.395. The van der Waals surface area contributed by atoms with Gasteiger partial charge in [0.2, 0.25) is 5.88 Å². The average Bonchev–Trinajstić information content (AvgIpc) is 2.70. The van der Waals surface area contributed by atoms with Crippen LogP contribution in [0.4, 0.5) is 11.5 Å². The summed E-state index contributed by atoms with van der Waals surface area (Å²) in [6.45, 7) is 4.56. The summed E-state index contributed by atoms with van der Waals surface area (Å²) in [5.41, 5.74) is 6.45. The van der Waals surface area contributed by atoms with Gasteiger partial charge in [0, 0.05) is 12.6 Å². The van der Waals surface area contributed by atoms with Gasteiger partial charge in [0.15, 0.2) is 5.82 Å². The van der Waals surface area contributed by atoms with Crippen LogP contribution in [0.2, 0.25) is 0 Å². The molecule has 0 bridgehead atoms. The molecule has 1 unspecified atom stereocenters. The van der Waals surface area contributed by atoms with Crippen LogP contribution in [0, 0.1) is 0 Å². The molecule has 94 valence electrons. The molecular formula is C11H19N5O. The number of likely N-dealkylation sites (N-methyl/N-ethyl adjacent to an activating group) is 1. The Kier molecular flexibility index (Phi) is 3.63. The van der Waals surface area contributed by atoms with Gasteiger partial charge >= 0.3 is 0 Å². The van der Waals surface area contributed by atoms with Crippen LogP contribution in [0.1, 0.15) is 13.3 Å². The van der Waals surface area contributed by atoms with Crippen molar-refractivity contribution in [2.24, 2.45) is 0 Å². The second-order valence-electron chi connectivity index (χ2n) is 4.27. The molecule has 2 heterocycles. The molecule has 1 fully saturated rings. The van der Waals surface area contributed by atoms with E-state index in [9.17, 15) is 0 Å². The normalized spacial score (nSPS) is 20.5. The summed E-state index contributed by atoms with van der Waals surface area (Å²) in [5, 5.41) is 3.34. The zero-order chi connectivity index (χ0) is 12.3. The lowest BCUT2D eigenvalue weighted by Gasteiger charge is -2.15. The summed E-state index contributed by atoms with van der Waals surface area (Å²) in [5.74, 6) is 1.13. The smallest absolute Gasteiger partial charge is 0.242 e. The molecule has 2 rings (SSSR count). The second-order valence-corrected chi connectivity index (χ2v) is 4.27. The summed E-state index contributed by atoms with van der Waals surface area (Å²) in [6.07, 6.45) is 2.58. The molecule has 1 aromatic heterocycles. The molecule has 17 heavy (non-hydrogen) atoms. The number of aromatic nitrogens is 2. The Morgan fingerprint density at radius 3 is 3.06 bits per heavy atom. The topological polar surface area (TPSA) is 76.3 Å². The quantitative estimate of drug-likeness (QED) is 0.797. The lowest BCUT2D eigenvalue weighted by Crippen LogP contribution is -2.24. The Morgan fingerprint density at radius 1 is 1.59 bits per heavy atom. The van der Waals surface area contributed by atoms with Crippen molar-refractivity contribution >= 4 is 11.5 Å². The van der Waals surface area contributed by atoms with Gasteiger partial charge in [-0.15, -0.1) is 0 Å². The molecule has 6 heteroatoms. The van der Waals surface area contributed by atoms with Gasteiger partial charge in [-0.3, -0.25) is 0 Å². The van der Waals surface area contributed by atoms with E-state index in [0.29, 0.717) is 30.0 Å². The van der Waals surface area contributed by atoms with Crippen LogP contribution in [0.25, 0.3) is 0 Å². The van der Waals surface area contributed by atoms with E-state index < -0.39 is 0 Å². The van der Waals surface area contributed by atoms with E-state index >= 15 is 0 Å². The number of nitrogens with zero attached hydrogens (tertiary/aromatic N) is 3. The molecule has 1 saturated heterocycles. The van der Waals surface area contributed by atoms with E-state index in [-0.39, 0.29) is 0 Å². The number of nitrogens with one attached hydrogen (secondary N) is 1. The minimum atomic E-state index is 0.395. The maximum atomic E-state index is 5.96. The molecule has 0 amide bonds. The van der Waals surface area contributed by atoms with Gasteiger partial charge in [-0.05, 0) is 26.9 Å². The molecular weight excluding hydrogens is 218 g/mol. The van der Waals surface area contributed by atoms with Crippen LogP contribution < -0.4 is 15.8 Å². The van der Waals surface area contributed by atoms with Gasteiger partial charge < -0.3 is 20.7 Å². The molecule has 0 aliphatic carbocycles. The number of nitrogen functional groups attached to an aromatic ring is 1. The zero-order valence-electron chi connectivity index (χ0n) is 10.3. The highest BCUT2D eigenvalue weighted by molar-refractivity contribution is 5.66. The van der Waals surface area contributed by atoms with Crippen LogP contribution in [0.5, 0.6) is 5.88 Å². The third-order valence-electron chi connectivity index (χ3n) is 2.86. The van der Waals surface area contributed by atoms with Gasteiger partial charge in [0.1, 0.15) is 12.0 Å². The van der Waals surface area contributed by atoms with E-state index in [2.05, 4.69) is 27.2 Å². The fourth-order valence-corrected chi connectivity index (χ4v) is 1.99. The van der Waals surface area contributed by atoms with Crippen molar-refractivity contribution in [2.75, 3.05) is 37.8 Å². The molecule has 0 saturated carbocycles. The molecule has 1 atom stereocenters. The molecule has 6 nitrogen and oxygen atoms in total. The van der Waals surface area contributed by atoms with E-state index in [1.54, 1.807) is 0 Å². The predicted octanol–water partition coefficient (Wildman–Crippen LogP) is 0.574. The van der Waals surface area contributed by atoms with E-state index in [0.717, 1.165) is 19.5 Å². The maximum Gasteiger partial charge on any atom is 0.242 e. The average molecular weight is 237 g/mol. The van der Waals surface area contributed by atoms with Gasteiger partial charge in [-0.1, -0.05) is 0 Å². The fraction of sp³-hybridized carbons (Fsp3) is 0.636. The number of hydrogen-bond donors (Lipinski definition) is 2. The number of nitrogens with two attached hydrogens (primary N) is 1. The third kappa shape index (κ3) is 2.76. The predicted molar refractivity (Wildman–Crippen MR) is 67.1 cm³/mol. The van der Waals surface area contributed by atoms with Crippen molar-refractivity contribution < 1.29 is 4.74 Å². The summed E-state index contributed by atoms with van der Waals surface area (Å²) in [4.78, 5) is 10.4. The highest BCUT2D eigenvalue weighted by atomic mass is 16.5. The Hall–Kier alpha value is -1.56. The van der Waals surface area contributed by atoms with Crippen LogP contribution in [-0.2, 0) is 0 Å². The first-order chi connectivity index (χ1) is 8.20. The van der Waals surface area contributed by atoms with Crippen molar-refractivity contribution in [3.8, 4) is 5.88 Å². The van der Waals surface area contributed by atoms with Gasteiger partial charge in [0.25, 0.3) is 0 Å². The monoisotopic (exact) mass is 237 g/mol. The number of rotatable bonds is 4. The first-order valence-corrected chi connectivity index (χ1v) is 5.89.